The molecule has 0 fully saturated rings. The maximum Gasteiger partial charge on any atom is 0.124 e. The Morgan fingerprint density at radius 1 is 1.44 bits per heavy atom. The normalized spacial score (nSPS) is 13.2. The Morgan fingerprint density at radius 2 is 2.06 bits per heavy atom. The van der Waals surface area contributed by atoms with E-state index in [1.165, 1.54) is 12.1 Å². The first-order valence-electron chi connectivity index (χ1n) is 4.72. The standard InChI is InChI=1S/C12H10Cl2FN/c13-7-10(1-4-11(14)8-16)9-2-5-12(15)6-3-9/h1-3,5-6,11H,4,7H2/b10-1-. The molecule has 0 saturated carbocycles. The number of allylic oxidation sites excluding steroid dienone is 2. The largest absolute Gasteiger partial charge is 0.207 e. The fraction of sp³-hybridized carbons (Fsp3) is 0.250. The monoisotopic (exact) mass is 257 g/mol. The summed E-state index contributed by atoms with van der Waals surface area (Å²) in [6.07, 6.45) is 2.23. The first kappa shape index (κ1) is 13.0. The minimum absolute atomic E-state index is 0.287. The maximum absolute atomic E-state index is 12.7. The zero-order valence-corrected chi connectivity index (χ0v) is 9.97. The Hall–Kier alpha value is -1.04. The van der Waals surface area contributed by atoms with Crippen LogP contribution in [0.2, 0.25) is 0 Å². The molecule has 0 aliphatic carbocycles. The predicted molar refractivity (Wildman–Crippen MR) is 65.0 cm³/mol. The lowest BCUT2D eigenvalue weighted by Crippen LogP contribution is -1.93. The molecule has 1 aromatic carbocycles. The third-order valence-corrected chi connectivity index (χ3v) is 2.63. The van der Waals surface area contributed by atoms with Gasteiger partial charge in [-0.05, 0) is 29.7 Å². The van der Waals surface area contributed by atoms with Crippen LogP contribution < -0.4 is 0 Å². The van der Waals surface area contributed by atoms with E-state index in [0.717, 1.165) is 11.1 Å². The zero-order valence-electron chi connectivity index (χ0n) is 8.46. The van der Waals surface area contributed by atoms with Crippen LogP contribution in [0.15, 0.2) is 30.3 Å². The van der Waals surface area contributed by atoms with Gasteiger partial charge in [-0.25, -0.2) is 4.39 Å². The number of nitriles is 1. The second kappa shape index (κ2) is 6.52. The maximum atomic E-state index is 12.7. The van der Waals surface area contributed by atoms with Gasteiger partial charge in [0.2, 0.25) is 0 Å². The van der Waals surface area contributed by atoms with E-state index in [0.29, 0.717) is 12.3 Å². The van der Waals surface area contributed by atoms with E-state index in [-0.39, 0.29) is 5.82 Å². The molecule has 0 aliphatic heterocycles. The zero-order chi connectivity index (χ0) is 12.0. The van der Waals surface area contributed by atoms with E-state index < -0.39 is 5.38 Å². The predicted octanol–water partition coefficient (Wildman–Crippen LogP) is 3.97. The average molecular weight is 258 g/mol. The molecule has 0 radical (unpaired) electrons. The average Bonchev–Trinajstić information content (AvgIpc) is 2.31. The van der Waals surface area contributed by atoms with Crippen LogP contribution in [0.25, 0.3) is 5.57 Å². The molecule has 1 rings (SSSR count). The summed E-state index contributed by atoms with van der Waals surface area (Å²) in [7, 11) is 0. The third-order valence-electron chi connectivity index (χ3n) is 2.07. The van der Waals surface area contributed by atoms with Crippen LogP contribution in [0.4, 0.5) is 4.39 Å². The minimum atomic E-state index is -0.557. The van der Waals surface area contributed by atoms with Crippen LogP contribution in [-0.4, -0.2) is 11.3 Å². The van der Waals surface area contributed by atoms with Gasteiger partial charge in [0.15, 0.2) is 0 Å². The number of nitrogens with zero attached hydrogens (tertiary/aromatic N) is 1. The number of halogens is 3. The SMILES string of the molecule is N#CC(Cl)C/C=C(/CCl)c1ccc(F)cc1. The van der Waals surface area contributed by atoms with Gasteiger partial charge in [0.1, 0.15) is 11.2 Å². The van der Waals surface area contributed by atoms with Crippen molar-refractivity contribution in [1.29, 1.82) is 5.26 Å². The Labute approximate surface area is 104 Å². The van der Waals surface area contributed by atoms with Gasteiger partial charge >= 0.3 is 0 Å². The second-order valence-corrected chi connectivity index (χ2v) is 4.00. The molecule has 1 unspecified atom stereocenters. The lowest BCUT2D eigenvalue weighted by molar-refractivity contribution is 0.627. The minimum Gasteiger partial charge on any atom is -0.207 e. The number of hydrogen-bond donors (Lipinski definition) is 0. The Kier molecular flexibility index (Phi) is 5.31. The Balaban J connectivity index is 2.82. The molecule has 84 valence electrons. The van der Waals surface area contributed by atoms with Crippen molar-refractivity contribution in [2.24, 2.45) is 0 Å². The van der Waals surface area contributed by atoms with Gasteiger partial charge in [-0.1, -0.05) is 18.2 Å². The summed E-state index contributed by atoms with van der Waals surface area (Å²) in [6.45, 7) is 0. The van der Waals surface area contributed by atoms with Crippen LogP contribution in [0.5, 0.6) is 0 Å². The van der Waals surface area contributed by atoms with Crippen molar-refractivity contribution in [3.8, 4) is 6.07 Å². The summed E-state index contributed by atoms with van der Waals surface area (Å²) in [6, 6.07) is 7.97. The quantitative estimate of drug-likeness (QED) is 0.749. The highest BCUT2D eigenvalue weighted by molar-refractivity contribution is 6.23. The van der Waals surface area contributed by atoms with E-state index in [2.05, 4.69) is 0 Å². The Morgan fingerprint density at radius 3 is 2.56 bits per heavy atom. The third kappa shape index (κ3) is 3.84. The van der Waals surface area contributed by atoms with Crippen molar-refractivity contribution in [1.82, 2.24) is 0 Å². The molecule has 0 heterocycles. The van der Waals surface area contributed by atoms with Gasteiger partial charge in [0.25, 0.3) is 0 Å². The highest BCUT2D eigenvalue weighted by Gasteiger charge is 2.03. The summed E-state index contributed by atoms with van der Waals surface area (Å²) in [5, 5.41) is 7.98. The molecular formula is C12H10Cl2FN. The highest BCUT2D eigenvalue weighted by atomic mass is 35.5. The van der Waals surface area contributed by atoms with Gasteiger partial charge in [0.05, 0.1) is 6.07 Å². The lowest BCUT2D eigenvalue weighted by atomic mass is 10.1. The molecule has 1 aromatic rings. The van der Waals surface area contributed by atoms with Crippen LogP contribution in [0.1, 0.15) is 12.0 Å². The number of benzene rings is 1. The van der Waals surface area contributed by atoms with E-state index in [4.69, 9.17) is 28.5 Å². The summed E-state index contributed by atoms with van der Waals surface area (Å²) < 4.78 is 12.7. The smallest absolute Gasteiger partial charge is 0.124 e. The van der Waals surface area contributed by atoms with Crippen molar-refractivity contribution in [2.45, 2.75) is 11.8 Å². The van der Waals surface area contributed by atoms with Crippen LogP contribution in [0.3, 0.4) is 0 Å². The molecule has 0 aromatic heterocycles. The summed E-state index contributed by atoms with van der Waals surface area (Å²) in [5.74, 6) is 0.0191. The molecule has 4 heteroatoms. The van der Waals surface area contributed by atoms with Crippen molar-refractivity contribution in [3.05, 3.63) is 41.7 Å². The van der Waals surface area contributed by atoms with Gasteiger partial charge in [-0.15, -0.1) is 23.2 Å². The van der Waals surface area contributed by atoms with E-state index in [1.807, 2.05) is 6.07 Å². The lowest BCUT2D eigenvalue weighted by Gasteiger charge is -2.04. The van der Waals surface area contributed by atoms with Crippen molar-refractivity contribution >= 4 is 28.8 Å². The van der Waals surface area contributed by atoms with E-state index >= 15 is 0 Å². The van der Waals surface area contributed by atoms with Crippen molar-refractivity contribution < 1.29 is 4.39 Å². The number of alkyl halides is 2. The molecular weight excluding hydrogens is 248 g/mol. The number of hydrogen-bond acceptors (Lipinski definition) is 1. The van der Waals surface area contributed by atoms with Crippen LogP contribution >= 0.6 is 23.2 Å². The molecule has 0 N–H and O–H groups in total. The summed E-state index contributed by atoms with van der Waals surface area (Å²) in [5.41, 5.74) is 1.70. The van der Waals surface area contributed by atoms with E-state index in [1.54, 1.807) is 18.2 Å². The highest BCUT2D eigenvalue weighted by Crippen LogP contribution is 2.18. The fourth-order valence-corrected chi connectivity index (χ4v) is 1.56. The van der Waals surface area contributed by atoms with Crippen molar-refractivity contribution in [3.63, 3.8) is 0 Å². The molecule has 16 heavy (non-hydrogen) atoms. The molecule has 0 saturated heterocycles. The molecule has 0 aliphatic rings. The van der Waals surface area contributed by atoms with Gasteiger partial charge < -0.3 is 0 Å². The molecule has 1 atom stereocenters. The van der Waals surface area contributed by atoms with Crippen molar-refractivity contribution in [2.75, 3.05) is 5.88 Å². The summed E-state index contributed by atoms with van der Waals surface area (Å²) in [4.78, 5) is 0. The first-order valence-corrected chi connectivity index (χ1v) is 5.69. The topological polar surface area (TPSA) is 23.8 Å². The number of rotatable bonds is 4. The van der Waals surface area contributed by atoms with Gasteiger partial charge in [-0.3, -0.25) is 0 Å². The molecule has 0 spiro atoms. The molecule has 0 bridgehead atoms. The fourth-order valence-electron chi connectivity index (χ4n) is 1.21. The second-order valence-electron chi connectivity index (χ2n) is 3.20. The first-order chi connectivity index (χ1) is 7.67. The summed E-state index contributed by atoms with van der Waals surface area (Å²) >= 11 is 11.5. The van der Waals surface area contributed by atoms with Gasteiger partial charge in [0, 0.05) is 5.88 Å². The van der Waals surface area contributed by atoms with Crippen LogP contribution in [-0.2, 0) is 0 Å². The molecule has 1 nitrogen and oxygen atoms in total. The van der Waals surface area contributed by atoms with Gasteiger partial charge in [-0.2, -0.15) is 5.26 Å². The van der Waals surface area contributed by atoms with E-state index in [9.17, 15) is 4.39 Å². The van der Waals surface area contributed by atoms with Crippen LogP contribution in [0, 0.1) is 17.1 Å². The Bertz CT molecular complexity index is 406. The molecule has 0 amide bonds.